The van der Waals surface area contributed by atoms with Crippen molar-refractivity contribution in [2.75, 3.05) is 13.1 Å². The Morgan fingerprint density at radius 2 is 1.50 bits per heavy atom. The Kier molecular flexibility index (Phi) is 22.0. The summed E-state index contributed by atoms with van der Waals surface area (Å²) in [4.78, 5) is 0. The van der Waals surface area contributed by atoms with Crippen molar-refractivity contribution in [3.63, 3.8) is 0 Å². The maximum absolute atomic E-state index is 4.31. The van der Waals surface area contributed by atoms with Crippen LogP contribution in [0.4, 0.5) is 0 Å². The quantitative estimate of drug-likeness (QED) is 0.455. The average molecular weight is 312 g/mol. The van der Waals surface area contributed by atoms with E-state index in [1.54, 1.807) is 0 Å². The fourth-order valence-electron chi connectivity index (χ4n) is 1.44. The van der Waals surface area contributed by atoms with Gasteiger partial charge in [0.05, 0.1) is 0 Å². The van der Waals surface area contributed by atoms with Gasteiger partial charge in [-0.3, -0.25) is 0 Å². The topological polar surface area (TPSA) is 14.1 Å². The Labute approximate surface area is 176 Å². The van der Waals surface area contributed by atoms with Crippen LogP contribution in [0.2, 0.25) is 0 Å². The molecule has 0 aromatic carbocycles. The maximum atomic E-state index is 4.31. The zero-order valence-electron chi connectivity index (χ0n) is 9.43. The van der Waals surface area contributed by atoms with E-state index in [9.17, 15) is 0 Å². The molecular formula is C9H19NRb2. The van der Waals surface area contributed by atoms with Gasteiger partial charge in [0, 0.05) is 0 Å². The van der Waals surface area contributed by atoms with E-state index < -0.39 is 0 Å². The third kappa shape index (κ3) is 8.84. The summed E-state index contributed by atoms with van der Waals surface area (Å²) in [5, 5.41) is 4.31. The monoisotopic (exact) mass is 311 g/mol. The molecule has 1 rings (SSSR count). The molecule has 0 unspecified atom stereocenters. The van der Waals surface area contributed by atoms with E-state index in [1.165, 1.54) is 12.8 Å². The predicted molar refractivity (Wildman–Crippen MR) is 47.1 cm³/mol. The number of rotatable bonds is 1. The summed E-state index contributed by atoms with van der Waals surface area (Å²) in [5.41, 5.74) is 0. The normalized spacial score (nSPS) is 17.2. The summed E-state index contributed by atoms with van der Waals surface area (Å²) in [5.74, 6) is 1.84. The van der Waals surface area contributed by atoms with Crippen molar-refractivity contribution in [3.8, 4) is 0 Å². The molecule has 1 saturated heterocycles. The van der Waals surface area contributed by atoms with Crippen molar-refractivity contribution in [3.05, 3.63) is 12.7 Å². The Hall–Kier alpha value is 3.57. The summed E-state index contributed by atoms with van der Waals surface area (Å²) in [6, 6.07) is 0. The fraction of sp³-hybridized carbons (Fsp3) is 0.889. The summed E-state index contributed by atoms with van der Waals surface area (Å²) < 4.78 is 0. The number of nitrogens with zero attached hydrogens (tertiary/aromatic N) is 1. The van der Waals surface area contributed by atoms with Crippen LogP contribution in [0.5, 0.6) is 0 Å². The van der Waals surface area contributed by atoms with Crippen molar-refractivity contribution in [2.45, 2.75) is 26.7 Å². The average Bonchev–Trinajstić information content (AvgIpc) is 1.90. The van der Waals surface area contributed by atoms with E-state index in [0.29, 0.717) is 0 Å². The summed E-state index contributed by atoms with van der Waals surface area (Å²) in [7, 11) is 0. The summed E-state index contributed by atoms with van der Waals surface area (Å²) in [6.45, 7) is 6.86. The van der Waals surface area contributed by atoms with Crippen LogP contribution >= 0.6 is 0 Å². The van der Waals surface area contributed by atoms with Crippen LogP contribution in [0.3, 0.4) is 0 Å². The maximum Gasteiger partial charge on any atom is 1.00 e. The van der Waals surface area contributed by atoms with Crippen molar-refractivity contribution in [2.24, 2.45) is 11.8 Å². The molecule has 1 fully saturated rings. The molecule has 0 N–H and O–H groups in total. The van der Waals surface area contributed by atoms with Crippen molar-refractivity contribution in [1.82, 2.24) is 0 Å². The van der Waals surface area contributed by atoms with Gasteiger partial charge in [0.15, 0.2) is 0 Å². The van der Waals surface area contributed by atoms with Gasteiger partial charge in [-0.15, -0.1) is 13.1 Å². The van der Waals surface area contributed by atoms with Gasteiger partial charge in [-0.05, 0) is 11.8 Å². The molecule has 3 heteroatoms. The second-order valence-electron chi connectivity index (χ2n) is 3.25. The molecule has 0 bridgehead atoms. The molecule has 1 nitrogen and oxygen atoms in total. The molecule has 0 saturated carbocycles. The van der Waals surface area contributed by atoms with Gasteiger partial charge in [-0.1, -0.05) is 26.7 Å². The first-order valence-electron chi connectivity index (χ1n) is 3.94. The van der Waals surface area contributed by atoms with Crippen LogP contribution in [0.1, 0.15) is 26.7 Å². The van der Waals surface area contributed by atoms with Crippen LogP contribution in [-0.4, -0.2) is 13.1 Å². The Morgan fingerprint density at radius 1 is 1.08 bits per heavy atom. The number of piperidine rings is 1. The Bertz CT molecular complexity index is 80.6. The smallest absolute Gasteiger partial charge is 0.662 e. The fourth-order valence-corrected chi connectivity index (χ4v) is 1.44. The van der Waals surface area contributed by atoms with Crippen molar-refractivity contribution in [1.29, 1.82) is 0 Å². The molecule has 0 atom stereocenters. The van der Waals surface area contributed by atoms with E-state index in [0.717, 1.165) is 24.9 Å². The molecule has 1 aliphatic heterocycles. The third-order valence-electron chi connectivity index (χ3n) is 2.26. The van der Waals surface area contributed by atoms with Gasteiger partial charge < -0.3 is 12.7 Å². The number of hydrogen-bond acceptors (Lipinski definition) is 0. The third-order valence-corrected chi connectivity index (χ3v) is 2.26. The molecular weight excluding hydrogens is 293 g/mol. The molecule has 62 valence electrons. The minimum atomic E-state index is 0. The van der Waals surface area contributed by atoms with Gasteiger partial charge >= 0.3 is 116 Å². The van der Waals surface area contributed by atoms with Gasteiger partial charge in [-0.2, -0.15) is 0 Å². The molecule has 12 heavy (non-hydrogen) atoms. The molecule has 0 aromatic rings. The molecule has 0 amide bonds. The van der Waals surface area contributed by atoms with E-state index in [-0.39, 0.29) is 124 Å². The minimum absolute atomic E-state index is 0. The number of hydrogen-bond donors (Lipinski definition) is 0. The molecule has 1 aliphatic rings. The first-order valence-corrected chi connectivity index (χ1v) is 3.94. The standard InChI is InChI=1S/C8H16N.CH3.2Rb/c1-7(2)8-3-5-9-6-4-8;;;/h7-8H,3-6H2,1-2H3;1H3;;/q2*-1;2*+1. The van der Waals surface area contributed by atoms with Crippen molar-refractivity contribution >= 4 is 0 Å². The van der Waals surface area contributed by atoms with Gasteiger partial charge in [0.25, 0.3) is 0 Å². The molecule has 1 heterocycles. The molecule has 0 aliphatic carbocycles. The second-order valence-corrected chi connectivity index (χ2v) is 3.25. The minimum Gasteiger partial charge on any atom is -0.662 e. The first-order chi connectivity index (χ1) is 4.30. The largest absolute Gasteiger partial charge is 1.00 e. The van der Waals surface area contributed by atoms with E-state index >= 15 is 0 Å². The van der Waals surface area contributed by atoms with Crippen LogP contribution < -0.4 is 116 Å². The van der Waals surface area contributed by atoms with Crippen LogP contribution in [0.25, 0.3) is 5.32 Å². The van der Waals surface area contributed by atoms with Crippen LogP contribution in [-0.2, 0) is 0 Å². The molecule has 0 spiro atoms. The SMILES string of the molecule is CC(C)C1CC[N-]CC1.[CH3-].[Rb+].[Rb+]. The molecule has 0 aromatic heterocycles. The summed E-state index contributed by atoms with van der Waals surface area (Å²) >= 11 is 0. The van der Waals surface area contributed by atoms with Crippen LogP contribution in [0, 0.1) is 19.3 Å². The van der Waals surface area contributed by atoms with Gasteiger partial charge in [-0.25, -0.2) is 0 Å². The van der Waals surface area contributed by atoms with E-state index in [4.69, 9.17) is 0 Å². The van der Waals surface area contributed by atoms with Gasteiger partial charge in [0.2, 0.25) is 0 Å². The Balaban J connectivity index is -0.000000270. The van der Waals surface area contributed by atoms with Crippen molar-refractivity contribution < 1.29 is 116 Å². The first kappa shape index (κ1) is 20.9. The Morgan fingerprint density at radius 3 is 1.75 bits per heavy atom. The predicted octanol–water partition coefficient (Wildman–Crippen LogP) is -3.12. The zero-order chi connectivity index (χ0) is 6.69. The van der Waals surface area contributed by atoms with Crippen LogP contribution in [0.15, 0.2) is 0 Å². The zero-order valence-corrected chi connectivity index (χ0v) is 19.3. The summed E-state index contributed by atoms with van der Waals surface area (Å²) in [6.07, 6.45) is 2.66. The van der Waals surface area contributed by atoms with E-state index in [1.807, 2.05) is 0 Å². The van der Waals surface area contributed by atoms with Gasteiger partial charge in [0.1, 0.15) is 0 Å². The molecule has 0 radical (unpaired) electrons. The second kappa shape index (κ2) is 12.6. The van der Waals surface area contributed by atoms with E-state index in [2.05, 4.69) is 19.2 Å².